The summed E-state index contributed by atoms with van der Waals surface area (Å²) in [5.41, 5.74) is 3.85. The fourth-order valence-corrected chi connectivity index (χ4v) is 3.95. The molecule has 0 aliphatic carbocycles. The van der Waals surface area contributed by atoms with Crippen LogP contribution < -0.4 is 9.47 Å². The minimum Gasteiger partial charge on any atom is -0.497 e. The standard InChI is InChI=1S/C20H20O4S/c1-23-15-7-3-13(4-8-15)19-17(11-21)25-18(12-22)20(19)14-5-9-16(24-2)10-6-14/h3-10,21-22H,11-12H2,1-2H3. The van der Waals surface area contributed by atoms with E-state index >= 15 is 0 Å². The zero-order chi connectivity index (χ0) is 17.8. The fraction of sp³-hybridized carbons (Fsp3) is 0.200. The van der Waals surface area contributed by atoms with Crippen LogP contribution in [0, 0.1) is 0 Å². The molecule has 2 N–H and O–H groups in total. The zero-order valence-electron chi connectivity index (χ0n) is 14.2. The van der Waals surface area contributed by atoms with Crippen LogP contribution in [0.1, 0.15) is 9.75 Å². The summed E-state index contributed by atoms with van der Waals surface area (Å²) in [6, 6.07) is 15.4. The van der Waals surface area contributed by atoms with Gasteiger partial charge in [-0.05, 0) is 35.4 Å². The van der Waals surface area contributed by atoms with Crippen molar-refractivity contribution in [1.82, 2.24) is 0 Å². The SMILES string of the molecule is COc1ccc(-c2c(CO)sc(CO)c2-c2ccc(OC)cc2)cc1. The molecule has 0 amide bonds. The third-order valence-corrected chi connectivity index (χ3v) is 5.26. The van der Waals surface area contributed by atoms with Crippen molar-refractivity contribution in [3.63, 3.8) is 0 Å². The number of aliphatic hydroxyl groups excluding tert-OH is 2. The van der Waals surface area contributed by atoms with Crippen LogP contribution >= 0.6 is 11.3 Å². The average Bonchev–Trinajstić information content (AvgIpc) is 3.06. The highest BCUT2D eigenvalue weighted by Gasteiger charge is 2.20. The first kappa shape index (κ1) is 17.5. The largest absolute Gasteiger partial charge is 0.497 e. The summed E-state index contributed by atoms with van der Waals surface area (Å²) < 4.78 is 10.5. The molecule has 4 nitrogen and oxygen atoms in total. The summed E-state index contributed by atoms with van der Waals surface area (Å²) in [5.74, 6) is 1.55. The van der Waals surface area contributed by atoms with Crippen LogP contribution in [0.2, 0.25) is 0 Å². The number of thiophene rings is 1. The molecule has 0 radical (unpaired) electrons. The van der Waals surface area contributed by atoms with E-state index in [-0.39, 0.29) is 13.2 Å². The molecule has 0 atom stereocenters. The molecular weight excluding hydrogens is 336 g/mol. The van der Waals surface area contributed by atoms with Gasteiger partial charge in [0, 0.05) is 20.9 Å². The Bertz CT molecular complexity index is 765. The van der Waals surface area contributed by atoms with Crippen molar-refractivity contribution in [3.05, 3.63) is 58.3 Å². The summed E-state index contributed by atoms with van der Waals surface area (Å²) >= 11 is 1.43. The number of rotatable bonds is 6. The van der Waals surface area contributed by atoms with Gasteiger partial charge in [0.25, 0.3) is 0 Å². The lowest BCUT2D eigenvalue weighted by molar-refractivity contribution is 0.285. The first-order chi connectivity index (χ1) is 12.2. The monoisotopic (exact) mass is 356 g/mol. The molecule has 0 saturated heterocycles. The van der Waals surface area contributed by atoms with Gasteiger partial charge in [-0.1, -0.05) is 24.3 Å². The number of hydrogen-bond acceptors (Lipinski definition) is 5. The Morgan fingerprint density at radius 1 is 0.680 bits per heavy atom. The van der Waals surface area contributed by atoms with E-state index in [1.54, 1.807) is 14.2 Å². The molecule has 0 aliphatic rings. The van der Waals surface area contributed by atoms with Gasteiger partial charge in [-0.3, -0.25) is 0 Å². The van der Waals surface area contributed by atoms with Crippen LogP contribution in [0.25, 0.3) is 22.3 Å². The van der Waals surface area contributed by atoms with Gasteiger partial charge in [-0.2, -0.15) is 0 Å². The molecule has 0 aliphatic heterocycles. The molecule has 3 rings (SSSR count). The third kappa shape index (κ3) is 3.39. The van der Waals surface area contributed by atoms with Crippen molar-refractivity contribution in [2.24, 2.45) is 0 Å². The van der Waals surface area contributed by atoms with Gasteiger partial charge < -0.3 is 19.7 Å². The van der Waals surface area contributed by atoms with Crippen molar-refractivity contribution in [2.75, 3.05) is 14.2 Å². The highest BCUT2D eigenvalue weighted by molar-refractivity contribution is 7.13. The van der Waals surface area contributed by atoms with Gasteiger partial charge in [0.05, 0.1) is 27.4 Å². The molecule has 0 bridgehead atoms. The number of hydrogen-bond donors (Lipinski definition) is 2. The van der Waals surface area contributed by atoms with Crippen molar-refractivity contribution in [1.29, 1.82) is 0 Å². The molecule has 0 saturated carbocycles. The van der Waals surface area contributed by atoms with E-state index in [0.717, 1.165) is 43.5 Å². The van der Waals surface area contributed by atoms with E-state index in [4.69, 9.17) is 9.47 Å². The van der Waals surface area contributed by atoms with Crippen LogP contribution in [0.3, 0.4) is 0 Å². The molecule has 2 aromatic carbocycles. The summed E-state index contributed by atoms with van der Waals surface area (Å²) in [6.45, 7) is -0.148. The zero-order valence-corrected chi connectivity index (χ0v) is 15.0. The van der Waals surface area contributed by atoms with E-state index < -0.39 is 0 Å². The summed E-state index contributed by atoms with van der Waals surface area (Å²) in [5, 5.41) is 19.7. The van der Waals surface area contributed by atoms with E-state index in [0.29, 0.717) is 0 Å². The van der Waals surface area contributed by atoms with E-state index in [2.05, 4.69) is 0 Å². The van der Waals surface area contributed by atoms with Gasteiger partial charge in [0.2, 0.25) is 0 Å². The molecule has 0 spiro atoms. The number of methoxy groups -OCH3 is 2. The Balaban J connectivity index is 2.19. The summed E-state index contributed by atoms with van der Waals surface area (Å²) in [7, 11) is 3.26. The van der Waals surface area contributed by atoms with E-state index in [9.17, 15) is 10.2 Å². The van der Waals surface area contributed by atoms with Crippen molar-refractivity contribution in [2.45, 2.75) is 13.2 Å². The number of aliphatic hydroxyl groups is 2. The van der Waals surface area contributed by atoms with Gasteiger partial charge in [0.1, 0.15) is 11.5 Å². The Morgan fingerprint density at radius 2 is 1.04 bits per heavy atom. The predicted molar refractivity (Wildman–Crippen MR) is 100 cm³/mol. The van der Waals surface area contributed by atoms with Crippen molar-refractivity contribution >= 4 is 11.3 Å². The second-order valence-corrected chi connectivity index (χ2v) is 6.66. The van der Waals surface area contributed by atoms with Gasteiger partial charge >= 0.3 is 0 Å². The maximum atomic E-state index is 9.83. The van der Waals surface area contributed by atoms with E-state index in [1.165, 1.54) is 11.3 Å². The van der Waals surface area contributed by atoms with Crippen LogP contribution in [0.5, 0.6) is 11.5 Å². The van der Waals surface area contributed by atoms with Gasteiger partial charge in [-0.25, -0.2) is 0 Å². The number of ether oxygens (including phenoxy) is 2. The smallest absolute Gasteiger partial charge is 0.118 e. The lowest BCUT2D eigenvalue weighted by Gasteiger charge is -2.10. The molecule has 25 heavy (non-hydrogen) atoms. The Labute approximate surface area is 150 Å². The maximum absolute atomic E-state index is 9.83. The van der Waals surface area contributed by atoms with Gasteiger partial charge in [-0.15, -0.1) is 11.3 Å². The Morgan fingerprint density at radius 3 is 1.32 bits per heavy atom. The summed E-state index contributed by atoms with van der Waals surface area (Å²) in [6.07, 6.45) is 0. The molecule has 1 heterocycles. The minimum absolute atomic E-state index is 0.0742. The molecule has 0 unspecified atom stereocenters. The molecule has 5 heteroatoms. The van der Waals surface area contributed by atoms with Crippen LogP contribution in [-0.4, -0.2) is 24.4 Å². The molecule has 1 aromatic heterocycles. The number of benzene rings is 2. The lowest BCUT2D eigenvalue weighted by Crippen LogP contribution is -1.90. The Kier molecular flexibility index (Phi) is 5.38. The maximum Gasteiger partial charge on any atom is 0.118 e. The molecule has 130 valence electrons. The molecular formula is C20H20O4S. The minimum atomic E-state index is -0.0742. The lowest BCUT2D eigenvalue weighted by atomic mass is 9.95. The normalized spacial score (nSPS) is 10.7. The quantitative estimate of drug-likeness (QED) is 0.699. The topological polar surface area (TPSA) is 58.9 Å². The third-order valence-electron chi connectivity index (χ3n) is 4.10. The second kappa shape index (κ2) is 7.70. The highest BCUT2D eigenvalue weighted by atomic mass is 32.1. The van der Waals surface area contributed by atoms with Crippen LogP contribution in [0.4, 0.5) is 0 Å². The van der Waals surface area contributed by atoms with Crippen LogP contribution in [0.15, 0.2) is 48.5 Å². The molecule has 3 aromatic rings. The van der Waals surface area contributed by atoms with E-state index in [1.807, 2.05) is 48.5 Å². The second-order valence-electron chi connectivity index (χ2n) is 5.47. The van der Waals surface area contributed by atoms with Crippen molar-refractivity contribution < 1.29 is 19.7 Å². The van der Waals surface area contributed by atoms with Crippen LogP contribution in [-0.2, 0) is 13.2 Å². The fourth-order valence-electron chi connectivity index (χ4n) is 2.88. The Hall–Kier alpha value is -2.34. The molecule has 0 fully saturated rings. The first-order valence-electron chi connectivity index (χ1n) is 7.87. The summed E-state index contributed by atoms with van der Waals surface area (Å²) in [4.78, 5) is 1.67. The average molecular weight is 356 g/mol. The predicted octanol–water partition coefficient (Wildman–Crippen LogP) is 4.08. The highest BCUT2D eigenvalue weighted by Crippen LogP contribution is 2.44. The first-order valence-corrected chi connectivity index (χ1v) is 8.68. The van der Waals surface area contributed by atoms with Gasteiger partial charge in [0.15, 0.2) is 0 Å². The van der Waals surface area contributed by atoms with Crippen molar-refractivity contribution in [3.8, 4) is 33.8 Å².